The summed E-state index contributed by atoms with van der Waals surface area (Å²) >= 11 is 0. The van der Waals surface area contributed by atoms with Crippen LogP contribution in [0.15, 0.2) is 60.7 Å². The number of nitrogens with zero attached hydrogens (tertiary/aromatic N) is 1. The van der Waals surface area contributed by atoms with Gasteiger partial charge in [0.2, 0.25) is 0 Å². The number of piperidine rings is 1. The van der Waals surface area contributed by atoms with Gasteiger partial charge in [-0.3, -0.25) is 0 Å². The van der Waals surface area contributed by atoms with Gasteiger partial charge in [0.25, 0.3) is 0 Å². The van der Waals surface area contributed by atoms with E-state index in [2.05, 4.69) is 65.7 Å². The molecule has 5 rings (SSSR count). The van der Waals surface area contributed by atoms with E-state index in [1.807, 2.05) is 12.1 Å². The Morgan fingerprint density at radius 3 is 2.46 bits per heavy atom. The fourth-order valence-corrected chi connectivity index (χ4v) is 5.91. The summed E-state index contributed by atoms with van der Waals surface area (Å²) in [7, 11) is 1.75. The molecule has 0 saturated carbocycles. The minimum Gasteiger partial charge on any atom is -0.508 e. The Hall–Kier alpha value is -2.98. The lowest BCUT2D eigenvalue weighted by Gasteiger charge is -2.32. The van der Waals surface area contributed by atoms with E-state index in [9.17, 15) is 5.11 Å². The van der Waals surface area contributed by atoms with Crippen molar-refractivity contribution in [2.45, 2.75) is 57.4 Å². The number of fused-ring (bicyclic) bond motifs is 1. The van der Waals surface area contributed by atoms with Gasteiger partial charge < -0.3 is 20.1 Å². The largest absolute Gasteiger partial charge is 0.508 e. The van der Waals surface area contributed by atoms with Gasteiger partial charge in [0, 0.05) is 24.8 Å². The van der Waals surface area contributed by atoms with Crippen molar-refractivity contribution in [2.75, 3.05) is 31.6 Å². The Morgan fingerprint density at radius 1 is 0.914 bits per heavy atom. The van der Waals surface area contributed by atoms with Crippen LogP contribution in [0.2, 0.25) is 0 Å². The maximum atomic E-state index is 9.89. The quantitative estimate of drug-likeness (QED) is 0.434. The van der Waals surface area contributed by atoms with Crippen molar-refractivity contribution in [2.24, 2.45) is 0 Å². The third-order valence-corrected chi connectivity index (χ3v) is 7.98. The molecule has 3 aromatic rings. The topological polar surface area (TPSA) is 44.7 Å². The van der Waals surface area contributed by atoms with Gasteiger partial charge in [-0.25, -0.2) is 0 Å². The summed E-state index contributed by atoms with van der Waals surface area (Å²) < 4.78 is 5.63. The molecule has 2 N–H and O–H groups in total. The molecule has 0 amide bonds. The van der Waals surface area contributed by atoms with Crippen LogP contribution in [0.5, 0.6) is 11.5 Å². The van der Waals surface area contributed by atoms with E-state index in [1.54, 1.807) is 7.11 Å². The van der Waals surface area contributed by atoms with Crippen LogP contribution in [0.1, 0.15) is 65.8 Å². The van der Waals surface area contributed by atoms with Crippen molar-refractivity contribution in [1.82, 2.24) is 5.32 Å². The van der Waals surface area contributed by atoms with Crippen LogP contribution in [0.3, 0.4) is 0 Å². The Kier molecular flexibility index (Phi) is 7.29. The molecule has 1 heterocycles. The summed E-state index contributed by atoms with van der Waals surface area (Å²) in [5, 5.41) is 13.4. The molecule has 0 aromatic heterocycles. The molecular formula is C31H38N2O2. The van der Waals surface area contributed by atoms with E-state index >= 15 is 0 Å². The van der Waals surface area contributed by atoms with Gasteiger partial charge in [-0.2, -0.15) is 0 Å². The minimum absolute atomic E-state index is 0.371. The van der Waals surface area contributed by atoms with Gasteiger partial charge in [0.05, 0.1) is 7.11 Å². The number of anilines is 1. The number of rotatable bonds is 7. The molecule has 0 spiro atoms. The third-order valence-electron chi connectivity index (χ3n) is 7.98. The molecule has 3 aromatic carbocycles. The SMILES string of the molecule is CCN(Cc1ccc(C2CCNCC2)cc1)c1cc(OC)ccc1C1CCc2cc(O)ccc2C1. The van der Waals surface area contributed by atoms with Crippen molar-refractivity contribution >= 4 is 5.69 Å². The second-order valence-corrected chi connectivity index (χ2v) is 10.1. The Labute approximate surface area is 209 Å². The number of methoxy groups -OCH3 is 1. The summed E-state index contributed by atoms with van der Waals surface area (Å²) in [5.74, 6) is 2.43. The van der Waals surface area contributed by atoms with Gasteiger partial charge in [-0.05, 0) is 110 Å². The molecule has 1 saturated heterocycles. The number of hydrogen-bond donors (Lipinski definition) is 2. The Morgan fingerprint density at radius 2 is 1.71 bits per heavy atom. The Bertz CT molecular complexity index is 1140. The molecule has 35 heavy (non-hydrogen) atoms. The smallest absolute Gasteiger partial charge is 0.120 e. The fourth-order valence-electron chi connectivity index (χ4n) is 5.91. The first kappa shape index (κ1) is 23.7. The van der Waals surface area contributed by atoms with Crippen molar-refractivity contribution in [1.29, 1.82) is 0 Å². The molecule has 1 aliphatic carbocycles. The van der Waals surface area contributed by atoms with E-state index in [0.29, 0.717) is 17.6 Å². The zero-order valence-corrected chi connectivity index (χ0v) is 21.1. The first-order chi connectivity index (χ1) is 17.1. The number of phenols is 1. The summed E-state index contributed by atoms with van der Waals surface area (Å²) in [6.07, 6.45) is 5.58. The van der Waals surface area contributed by atoms with Crippen LogP contribution in [0, 0.1) is 0 Å². The molecule has 2 aliphatic rings. The highest BCUT2D eigenvalue weighted by molar-refractivity contribution is 5.60. The highest BCUT2D eigenvalue weighted by Crippen LogP contribution is 2.40. The lowest BCUT2D eigenvalue weighted by Crippen LogP contribution is -2.26. The number of phenolic OH excluding ortho intramolecular Hbond substituents is 1. The number of aromatic hydroxyl groups is 1. The average Bonchev–Trinajstić information content (AvgIpc) is 2.92. The van der Waals surface area contributed by atoms with Crippen LogP contribution >= 0.6 is 0 Å². The second-order valence-electron chi connectivity index (χ2n) is 10.1. The molecule has 1 unspecified atom stereocenters. The van der Waals surface area contributed by atoms with Gasteiger partial charge >= 0.3 is 0 Å². The zero-order chi connectivity index (χ0) is 24.2. The van der Waals surface area contributed by atoms with Crippen molar-refractivity contribution in [3.63, 3.8) is 0 Å². The fraction of sp³-hybridized carbons (Fsp3) is 0.419. The van der Waals surface area contributed by atoms with Crippen LogP contribution in [-0.2, 0) is 19.4 Å². The predicted molar refractivity (Wildman–Crippen MR) is 144 cm³/mol. The van der Waals surface area contributed by atoms with E-state index in [1.165, 1.54) is 46.3 Å². The number of nitrogens with one attached hydrogen (secondary N) is 1. The minimum atomic E-state index is 0.371. The van der Waals surface area contributed by atoms with Crippen LogP contribution in [-0.4, -0.2) is 31.9 Å². The summed E-state index contributed by atoms with van der Waals surface area (Å²) in [6, 6.07) is 21.8. The van der Waals surface area contributed by atoms with Crippen LogP contribution in [0.25, 0.3) is 0 Å². The molecule has 1 atom stereocenters. The lowest BCUT2D eigenvalue weighted by molar-refractivity contribution is 0.414. The van der Waals surface area contributed by atoms with Gasteiger partial charge in [-0.1, -0.05) is 36.4 Å². The zero-order valence-electron chi connectivity index (χ0n) is 21.1. The maximum Gasteiger partial charge on any atom is 0.120 e. The van der Waals surface area contributed by atoms with Crippen LogP contribution < -0.4 is 15.0 Å². The molecule has 4 heteroatoms. The second kappa shape index (κ2) is 10.7. The molecule has 1 aliphatic heterocycles. The first-order valence-electron chi connectivity index (χ1n) is 13.2. The molecule has 1 fully saturated rings. The van der Waals surface area contributed by atoms with Crippen molar-refractivity contribution < 1.29 is 9.84 Å². The van der Waals surface area contributed by atoms with E-state index in [-0.39, 0.29) is 0 Å². The van der Waals surface area contributed by atoms with Crippen molar-refractivity contribution in [3.8, 4) is 11.5 Å². The van der Waals surface area contributed by atoms with Crippen molar-refractivity contribution in [3.05, 3.63) is 88.5 Å². The lowest BCUT2D eigenvalue weighted by atomic mass is 9.79. The molecular weight excluding hydrogens is 432 g/mol. The number of hydrogen-bond acceptors (Lipinski definition) is 4. The monoisotopic (exact) mass is 470 g/mol. The normalized spacial score (nSPS) is 18.2. The molecule has 0 radical (unpaired) electrons. The van der Waals surface area contributed by atoms with E-state index in [4.69, 9.17) is 4.74 Å². The molecule has 4 nitrogen and oxygen atoms in total. The number of ether oxygens (including phenoxy) is 1. The highest BCUT2D eigenvalue weighted by atomic mass is 16.5. The van der Waals surface area contributed by atoms with E-state index < -0.39 is 0 Å². The molecule has 184 valence electrons. The molecule has 0 bridgehead atoms. The number of benzene rings is 3. The Balaban J connectivity index is 1.39. The van der Waals surface area contributed by atoms with Gasteiger partial charge in [0.15, 0.2) is 0 Å². The average molecular weight is 471 g/mol. The van der Waals surface area contributed by atoms with Gasteiger partial charge in [0.1, 0.15) is 11.5 Å². The predicted octanol–water partition coefficient (Wildman–Crippen LogP) is 6.17. The standard InChI is InChI=1S/C31H38N2O2/c1-3-33(21-22-4-6-23(7-5-22)24-14-16-32-17-15-24)31-20-29(35-2)12-13-30(31)27-9-8-26-19-28(34)11-10-25(26)18-27/h4-7,10-13,19-20,24,27,32,34H,3,8-9,14-18,21H2,1-2H3. The summed E-state index contributed by atoms with van der Waals surface area (Å²) in [6.45, 7) is 6.32. The third kappa shape index (κ3) is 5.33. The first-order valence-corrected chi connectivity index (χ1v) is 13.2. The maximum absolute atomic E-state index is 9.89. The number of aryl methyl sites for hydroxylation is 1. The highest BCUT2D eigenvalue weighted by Gasteiger charge is 2.25. The summed E-state index contributed by atoms with van der Waals surface area (Å²) in [4.78, 5) is 2.49. The van der Waals surface area contributed by atoms with Crippen LogP contribution in [0.4, 0.5) is 5.69 Å². The van der Waals surface area contributed by atoms with E-state index in [0.717, 1.165) is 51.2 Å². The van der Waals surface area contributed by atoms with Gasteiger partial charge in [-0.15, -0.1) is 0 Å². The summed E-state index contributed by atoms with van der Waals surface area (Å²) in [5.41, 5.74) is 8.16.